The van der Waals surface area contributed by atoms with Crippen LogP contribution in [0.1, 0.15) is 27.9 Å². The van der Waals surface area contributed by atoms with Crippen LogP contribution in [0.2, 0.25) is 0 Å². The summed E-state index contributed by atoms with van der Waals surface area (Å²) in [6.07, 6.45) is 4.00. The largest absolute Gasteiger partial charge is 0.445 e. The average Bonchev–Trinajstić information content (AvgIpc) is 2.61. The first-order valence-electron chi connectivity index (χ1n) is 7.55. The van der Waals surface area contributed by atoms with Crippen molar-refractivity contribution in [3.05, 3.63) is 77.1 Å². The van der Waals surface area contributed by atoms with Crippen LogP contribution in [-0.4, -0.2) is 18.9 Å². The van der Waals surface area contributed by atoms with E-state index in [0.29, 0.717) is 30.4 Å². The highest BCUT2D eigenvalue weighted by atomic mass is 19.1. The minimum atomic E-state index is -0.492. The van der Waals surface area contributed by atoms with Gasteiger partial charge in [0.25, 0.3) is 0 Å². The lowest BCUT2D eigenvalue weighted by molar-refractivity contribution is 0.112. The summed E-state index contributed by atoms with van der Waals surface area (Å²) in [5.74, 6) is -0.453. The Kier molecular flexibility index (Phi) is 6.71. The highest BCUT2D eigenvalue weighted by molar-refractivity contribution is 5.75. The van der Waals surface area contributed by atoms with Gasteiger partial charge in [-0.2, -0.15) is 0 Å². The maximum absolute atomic E-state index is 13.6. The molecule has 2 rings (SSSR count). The van der Waals surface area contributed by atoms with Crippen LogP contribution in [0.4, 0.5) is 9.18 Å². The Balaban J connectivity index is 1.68. The lowest BCUT2D eigenvalue weighted by atomic mass is 10.1. The van der Waals surface area contributed by atoms with E-state index in [1.807, 2.05) is 30.3 Å². The highest BCUT2D eigenvalue weighted by Crippen LogP contribution is 2.11. The molecule has 0 atom stereocenters. The van der Waals surface area contributed by atoms with Gasteiger partial charge in [0.15, 0.2) is 0 Å². The summed E-state index contributed by atoms with van der Waals surface area (Å²) in [6, 6.07) is 13.7. The Morgan fingerprint density at radius 1 is 1.17 bits per heavy atom. The highest BCUT2D eigenvalue weighted by Gasteiger charge is 2.02. The number of nitrogens with one attached hydrogen (secondary N) is 1. The van der Waals surface area contributed by atoms with Gasteiger partial charge in [-0.25, -0.2) is 9.18 Å². The second-order valence-corrected chi connectivity index (χ2v) is 5.08. The van der Waals surface area contributed by atoms with Crippen molar-refractivity contribution in [3.8, 4) is 0 Å². The third-order valence-corrected chi connectivity index (χ3v) is 3.25. The number of alkyl carbamates (subject to hydrolysis) is 1. The quantitative estimate of drug-likeness (QED) is 0.618. The van der Waals surface area contributed by atoms with E-state index in [9.17, 15) is 14.0 Å². The molecule has 124 valence electrons. The van der Waals surface area contributed by atoms with Crippen LogP contribution in [0.15, 0.2) is 54.6 Å². The Morgan fingerprint density at radius 2 is 1.96 bits per heavy atom. The van der Waals surface area contributed by atoms with E-state index in [2.05, 4.69) is 5.32 Å². The summed E-state index contributed by atoms with van der Waals surface area (Å²) < 4.78 is 18.7. The monoisotopic (exact) mass is 327 g/mol. The van der Waals surface area contributed by atoms with E-state index in [1.54, 1.807) is 18.2 Å². The average molecular weight is 327 g/mol. The summed E-state index contributed by atoms with van der Waals surface area (Å²) in [4.78, 5) is 22.1. The number of carbonyl (C=O) groups excluding carboxylic acids is 2. The lowest BCUT2D eigenvalue weighted by Crippen LogP contribution is -2.24. The van der Waals surface area contributed by atoms with E-state index >= 15 is 0 Å². The molecule has 24 heavy (non-hydrogen) atoms. The molecule has 0 aliphatic carbocycles. The number of rotatable bonds is 7. The first kappa shape index (κ1) is 17.4. The van der Waals surface area contributed by atoms with Crippen LogP contribution in [0.5, 0.6) is 0 Å². The number of halogens is 1. The van der Waals surface area contributed by atoms with Crippen molar-refractivity contribution < 1.29 is 18.7 Å². The first-order valence-corrected chi connectivity index (χ1v) is 7.55. The van der Waals surface area contributed by atoms with Crippen molar-refractivity contribution in [1.82, 2.24) is 5.32 Å². The molecule has 0 saturated heterocycles. The van der Waals surface area contributed by atoms with E-state index in [0.717, 1.165) is 5.56 Å². The zero-order valence-electron chi connectivity index (χ0n) is 13.1. The molecule has 0 unspecified atom stereocenters. The summed E-state index contributed by atoms with van der Waals surface area (Å²) in [6.45, 7) is 0.606. The van der Waals surface area contributed by atoms with Crippen molar-refractivity contribution >= 4 is 18.5 Å². The molecule has 0 aliphatic heterocycles. The predicted molar refractivity (Wildman–Crippen MR) is 90.1 cm³/mol. The van der Waals surface area contributed by atoms with Gasteiger partial charge in [-0.3, -0.25) is 4.79 Å². The molecule has 4 nitrogen and oxygen atoms in total. The number of benzene rings is 2. The number of carbonyl (C=O) groups is 2. The summed E-state index contributed by atoms with van der Waals surface area (Å²) in [5.41, 5.74) is 1.61. The fraction of sp³-hybridized carbons (Fsp3) is 0.158. The molecule has 0 spiro atoms. The first-order chi connectivity index (χ1) is 11.7. The molecule has 0 heterocycles. The second kappa shape index (κ2) is 9.25. The molecule has 5 heteroatoms. The van der Waals surface area contributed by atoms with Gasteiger partial charge in [-0.1, -0.05) is 54.6 Å². The van der Waals surface area contributed by atoms with Gasteiger partial charge >= 0.3 is 6.09 Å². The van der Waals surface area contributed by atoms with Gasteiger partial charge < -0.3 is 10.1 Å². The van der Waals surface area contributed by atoms with E-state index in [4.69, 9.17) is 4.74 Å². The van der Waals surface area contributed by atoms with Crippen LogP contribution in [-0.2, 0) is 11.3 Å². The standard InChI is InChI=1S/C19H18FNO3/c20-18-12-16(13-22)9-10-17(18)8-4-5-11-21-19(23)24-14-15-6-2-1-3-7-15/h1-4,6-10,12-13H,5,11,14H2,(H,21,23). The minimum Gasteiger partial charge on any atom is -0.445 e. The normalized spacial score (nSPS) is 10.5. The van der Waals surface area contributed by atoms with Gasteiger partial charge in [-0.15, -0.1) is 0 Å². The Hall–Kier alpha value is -2.95. The van der Waals surface area contributed by atoms with Gasteiger partial charge in [-0.05, 0) is 18.1 Å². The van der Waals surface area contributed by atoms with Crippen LogP contribution < -0.4 is 5.32 Å². The number of aldehydes is 1. The smallest absolute Gasteiger partial charge is 0.407 e. The molecule has 0 saturated carbocycles. The zero-order chi connectivity index (χ0) is 17.2. The molecule has 1 amide bonds. The number of hydrogen-bond donors (Lipinski definition) is 1. The summed E-state index contributed by atoms with van der Waals surface area (Å²) >= 11 is 0. The lowest BCUT2D eigenvalue weighted by Gasteiger charge is -2.05. The molecule has 0 fully saturated rings. The summed E-state index contributed by atoms with van der Waals surface area (Å²) in [5, 5.41) is 2.62. The maximum atomic E-state index is 13.6. The van der Waals surface area contributed by atoms with Crippen molar-refractivity contribution in [2.24, 2.45) is 0 Å². The van der Waals surface area contributed by atoms with Crippen molar-refractivity contribution in [2.45, 2.75) is 13.0 Å². The third kappa shape index (κ3) is 5.68. The zero-order valence-corrected chi connectivity index (χ0v) is 13.1. The Bertz CT molecular complexity index is 714. The minimum absolute atomic E-state index is 0.219. The van der Waals surface area contributed by atoms with Crippen molar-refractivity contribution in [3.63, 3.8) is 0 Å². The van der Waals surface area contributed by atoms with Crippen LogP contribution in [0, 0.1) is 5.82 Å². The molecule has 0 aliphatic rings. The molecule has 0 aromatic heterocycles. The SMILES string of the molecule is O=Cc1ccc(C=CCCNC(=O)OCc2ccccc2)c(F)c1. The van der Waals surface area contributed by atoms with Gasteiger partial charge in [0.1, 0.15) is 18.7 Å². The van der Waals surface area contributed by atoms with Crippen molar-refractivity contribution in [2.75, 3.05) is 6.54 Å². The molecule has 2 aromatic carbocycles. The van der Waals surface area contributed by atoms with Crippen LogP contribution in [0.25, 0.3) is 6.08 Å². The van der Waals surface area contributed by atoms with Gasteiger partial charge in [0.2, 0.25) is 0 Å². The number of ether oxygens (including phenoxy) is 1. The Labute approximate surface area is 140 Å². The molecule has 1 N–H and O–H groups in total. The predicted octanol–water partition coefficient (Wildman–Crippen LogP) is 3.97. The van der Waals surface area contributed by atoms with Crippen LogP contribution in [0.3, 0.4) is 0 Å². The summed E-state index contributed by atoms with van der Waals surface area (Å²) in [7, 11) is 0. The molecular formula is C19H18FNO3. The van der Waals surface area contributed by atoms with E-state index < -0.39 is 11.9 Å². The Morgan fingerprint density at radius 3 is 2.67 bits per heavy atom. The fourth-order valence-electron chi connectivity index (χ4n) is 1.99. The molecule has 2 aromatic rings. The second-order valence-electron chi connectivity index (χ2n) is 5.08. The number of amides is 1. The molecule has 0 bridgehead atoms. The maximum Gasteiger partial charge on any atom is 0.407 e. The van der Waals surface area contributed by atoms with Crippen LogP contribution >= 0.6 is 0 Å². The van der Waals surface area contributed by atoms with E-state index in [-0.39, 0.29) is 6.61 Å². The topological polar surface area (TPSA) is 55.4 Å². The number of hydrogen-bond acceptors (Lipinski definition) is 3. The van der Waals surface area contributed by atoms with E-state index in [1.165, 1.54) is 12.1 Å². The molecular weight excluding hydrogens is 309 g/mol. The van der Waals surface area contributed by atoms with Gasteiger partial charge in [0, 0.05) is 17.7 Å². The van der Waals surface area contributed by atoms with Gasteiger partial charge in [0.05, 0.1) is 0 Å². The fourth-order valence-corrected chi connectivity index (χ4v) is 1.99. The molecule has 0 radical (unpaired) electrons. The van der Waals surface area contributed by atoms with Crippen molar-refractivity contribution in [1.29, 1.82) is 0 Å². The third-order valence-electron chi connectivity index (χ3n) is 3.25.